The standard InChI is InChI=1S/C23H35N3O2.ClH/c1-18-5-7-19(8-6-18)16-25-22(28)20-9-13-26(14-10-20)21(27)15-23(17-24)11-3-2-4-12-23;/h5-8,20H,2-4,9-17,24H2,1H3,(H,25,28);1H. The minimum atomic E-state index is 0. The first-order valence-electron chi connectivity index (χ1n) is 10.8. The molecule has 3 rings (SSSR count). The first-order valence-corrected chi connectivity index (χ1v) is 10.8. The first kappa shape index (κ1) is 23.7. The number of nitrogens with zero attached hydrogens (tertiary/aromatic N) is 1. The van der Waals surface area contributed by atoms with Gasteiger partial charge in [-0.25, -0.2) is 0 Å². The average molecular weight is 422 g/mol. The van der Waals surface area contributed by atoms with E-state index in [4.69, 9.17) is 5.73 Å². The predicted molar refractivity (Wildman–Crippen MR) is 119 cm³/mol. The number of benzene rings is 1. The molecular weight excluding hydrogens is 386 g/mol. The Hall–Kier alpha value is -1.59. The van der Waals surface area contributed by atoms with Gasteiger partial charge in [-0.05, 0) is 50.1 Å². The van der Waals surface area contributed by atoms with Gasteiger partial charge >= 0.3 is 0 Å². The van der Waals surface area contributed by atoms with E-state index in [1.165, 1.54) is 24.8 Å². The Kier molecular flexibility index (Phi) is 8.97. The van der Waals surface area contributed by atoms with Gasteiger partial charge in [-0.1, -0.05) is 49.1 Å². The molecule has 1 heterocycles. The first-order chi connectivity index (χ1) is 13.5. The highest BCUT2D eigenvalue weighted by atomic mass is 35.5. The molecule has 6 heteroatoms. The molecule has 1 aliphatic heterocycles. The Morgan fingerprint density at radius 1 is 1.10 bits per heavy atom. The van der Waals surface area contributed by atoms with Gasteiger partial charge in [-0.15, -0.1) is 12.4 Å². The van der Waals surface area contributed by atoms with Crippen molar-refractivity contribution < 1.29 is 9.59 Å². The molecule has 0 atom stereocenters. The summed E-state index contributed by atoms with van der Waals surface area (Å²) < 4.78 is 0. The smallest absolute Gasteiger partial charge is 0.223 e. The van der Waals surface area contributed by atoms with Crippen molar-refractivity contribution in [2.24, 2.45) is 17.1 Å². The lowest BCUT2D eigenvalue weighted by Gasteiger charge is -2.38. The Bertz CT molecular complexity index is 663. The van der Waals surface area contributed by atoms with E-state index in [0.717, 1.165) is 31.2 Å². The summed E-state index contributed by atoms with van der Waals surface area (Å²) in [5.74, 6) is 0.344. The van der Waals surface area contributed by atoms with Crippen molar-refractivity contribution in [3.05, 3.63) is 35.4 Å². The van der Waals surface area contributed by atoms with Crippen LogP contribution in [0.5, 0.6) is 0 Å². The fourth-order valence-corrected chi connectivity index (χ4v) is 4.62. The van der Waals surface area contributed by atoms with Gasteiger partial charge in [0.25, 0.3) is 0 Å². The molecule has 2 fully saturated rings. The number of nitrogens with one attached hydrogen (secondary N) is 1. The quantitative estimate of drug-likeness (QED) is 0.737. The van der Waals surface area contributed by atoms with Crippen LogP contribution in [0, 0.1) is 18.3 Å². The van der Waals surface area contributed by atoms with Crippen molar-refractivity contribution in [3.8, 4) is 0 Å². The van der Waals surface area contributed by atoms with Gasteiger partial charge < -0.3 is 16.0 Å². The summed E-state index contributed by atoms with van der Waals surface area (Å²) in [6, 6.07) is 8.23. The summed E-state index contributed by atoms with van der Waals surface area (Å²) in [7, 11) is 0. The zero-order valence-corrected chi connectivity index (χ0v) is 18.4. The monoisotopic (exact) mass is 421 g/mol. The summed E-state index contributed by atoms with van der Waals surface area (Å²) in [6.45, 7) is 4.60. The van der Waals surface area contributed by atoms with E-state index < -0.39 is 0 Å². The number of rotatable bonds is 6. The Balaban J connectivity index is 0.00000300. The molecule has 1 aliphatic carbocycles. The van der Waals surface area contributed by atoms with E-state index in [1.807, 2.05) is 4.90 Å². The maximum Gasteiger partial charge on any atom is 0.223 e. The second kappa shape index (κ2) is 11.0. The van der Waals surface area contributed by atoms with Crippen molar-refractivity contribution in [2.75, 3.05) is 19.6 Å². The number of halogens is 1. The Morgan fingerprint density at radius 3 is 2.31 bits per heavy atom. The van der Waals surface area contributed by atoms with Gasteiger partial charge in [0.1, 0.15) is 0 Å². The Morgan fingerprint density at radius 2 is 1.72 bits per heavy atom. The van der Waals surface area contributed by atoms with Crippen LogP contribution >= 0.6 is 12.4 Å². The molecule has 0 spiro atoms. The normalized spacial score (nSPS) is 19.3. The SMILES string of the molecule is Cc1ccc(CNC(=O)C2CCN(C(=O)CC3(CN)CCCCC3)CC2)cc1.Cl. The molecule has 1 aromatic rings. The van der Waals surface area contributed by atoms with Crippen LogP contribution < -0.4 is 11.1 Å². The van der Waals surface area contributed by atoms with Gasteiger partial charge in [-0.2, -0.15) is 0 Å². The molecule has 1 saturated carbocycles. The lowest BCUT2D eigenvalue weighted by atomic mass is 9.71. The van der Waals surface area contributed by atoms with Crippen LogP contribution in [0.1, 0.15) is 62.5 Å². The van der Waals surface area contributed by atoms with Gasteiger partial charge in [0, 0.05) is 32.0 Å². The molecular formula is C23H36ClN3O2. The molecule has 3 N–H and O–H groups in total. The van der Waals surface area contributed by atoms with Gasteiger partial charge in [-0.3, -0.25) is 9.59 Å². The van der Waals surface area contributed by atoms with E-state index in [2.05, 4.69) is 36.5 Å². The van der Waals surface area contributed by atoms with E-state index >= 15 is 0 Å². The zero-order chi connectivity index (χ0) is 20.0. The number of carbonyl (C=O) groups excluding carboxylic acids is 2. The van der Waals surface area contributed by atoms with Crippen LogP contribution in [0.3, 0.4) is 0 Å². The van der Waals surface area contributed by atoms with Gasteiger partial charge in [0.15, 0.2) is 0 Å². The number of hydrogen-bond donors (Lipinski definition) is 2. The predicted octanol–water partition coefficient (Wildman–Crippen LogP) is 3.57. The van der Waals surface area contributed by atoms with Crippen LogP contribution in [0.25, 0.3) is 0 Å². The van der Waals surface area contributed by atoms with Crippen molar-refractivity contribution in [1.29, 1.82) is 0 Å². The molecule has 0 radical (unpaired) electrons. The number of nitrogens with two attached hydrogens (primary N) is 1. The van der Waals surface area contributed by atoms with Gasteiger partial charge in [0.2, 0.25) is 11.8 Å². The molecule has 0 unspecified atom stereocenters. The lowest BCUT2D eigenvalue weighted by Crippen LogP contribution is -2.45. The van der Waals surface area contributed by atoms with Gasteiger partial charge in [0.05, 0.1) is 0 Å². The van der Waals surface area contributed by atoms with Crippen LogP contribution in [0.2, 0.25) is 0 Å². The van der Waals surface area contributed by atoms with Crippen LogP contribution in [0.4, 0.5) is 0 Å². The topological polar surface area (TPSA) is 75.4 Å². The molecule has 0 aromatic heterocycles. The molecule has 2 aliphatic rings. The number of likely N-dealkylation sites (tertiary alicyclic amines) is 1. The molecule has 162 valence electrons. The maximum atomic E-state index is 12.8. The van der Waals surface area contributed by atoms with Crippen molar-refractivity contribution in [2.45, 2.75) is 64.8 Å². The molecule has 29 heavy (non-hydrogen) atoms. The zero-order valence-electron chi connectivity index (χ0n) is 17.6. The van der Waals surface area contributed by atoms with E-state index in [1.54, 1.807) is 0 Å². The number of carbonyl (C=O) groups is 2. The highest BCUT2D eigenvalue weighted by Crippen LogP contribution is 2.39. The minimum Gasteiger partial charge on any atom is -0.352 e. The molecule has 1 saturated heterocycles. The lowest BCUT2D eigenvalue weighted by molar-refractivity contribution is -0.138. The maximum absolute atomic E-state index is 12.8. The number of amides is 2. The Labute approximate surface area is 181 Å². The number of hydrogen-bond acceptors (Lipinski definition) is 3. The summed E-state index contributed by atoms with van der Waals surface area (Å²) >= 11 is 0. The largest absolute Gasteiger partial charge is 0.352 e. The second-order valence-corrected chi connectivity index (χ2v) is 8.80. The van der Waals surface area contributed by atoms with Crippen molar-refractivity contribution in [1.82, 2.24) is 10.2 Å². The molecule has 1 aromatic carbocycles. The van der Waals surface area contributed by atoms with E-state index in [0.29, 0.717) is 32.6 Å². The second-order valence-electron chi connectivity index (χ2n) is 8.80. The third kappa shape index (κ3) is 6.45. The molecule has 5 nitrogen and oxygen atoms in total. The van der Waals surface area contributed by atoms with Crippen LogP contribution in [-0.4, -0.2) is 36.3 Å². The third-order valence-corrected chi connectivity index (χ3v) is 6.68. The summed E-state index contributed by atoms with van der Waals surface area (Å²) in [4.78, 5) is 27.3. The summed E-state index contributed by atoms with van der Waals surface area (Å²) in [5.41, 5.74) is 8.39. The van der Waals surface area contributed by atoms with Crippen molar-refractivity contribution in [3.63, 3.8) is 0 Å². The summed E-state index contributed by atoms with van der Waals surface area (Å²) in [6.07, 6.45) is 7.87. The minimum absolute atomic E-state index is 0. The van der Waals surface area contributed by atoms with Crippen molar-refractivity contribution >= 4 is 24.2 Å². The number of piperidine rings is 1. The fourth-order valence-electron chi connectivity index (χ4n) is 4.62. The van der Waals surface area contributed by atoms with Crippen LogP contribution in [-0.2, 0) is 16.1 Å². The van der Waals surface area contributed by atoms with E-state index in [9.17, 15) is 9.59 Å². The highest BCUT2D eigenvalue weighted by Gasteiger charge is 2.35. The highest BCUT2D eigenvalue weighted by molar-refractivity contribution is 5.85. The summed E-state index contributed by atoms with van der Waals surface area (Å²) in [5, 5.41) is 3.05. The average Bonchev–Trinajstić information content (AvgIpc) is 2.74. The third-order valence-electron chi connectivity index (χ3n) is 6.68. The van der Waals surface area contributed by atoms with Crippen LogP contribution in [0.15, 0.2) is 24.3 Å². The molecule has 2 amide bonds. The van der Waals surface area contributed by atoms with E-state index in [-0.39, 0.29) is 35.6 Å². The number of aryl methyl sites for hydroxylation is 1. The molecule has 0 bridgehead atoms. The fraction of sp³-hybridized carbons (Fsp3) is 0.652.